The van der Waals surface area contributed by atoms with Gasteiger partial charge in [0.15, 0.2) is 0 Å². The third-order valence-electron chi connectivity index (χ3n) is 4.16. The van der Waals surface area contributed by atoms with Crippen LogP contribution in [-0.2, 0) is 20.8 Å². The van der Waals surface area contributed by atoms with Gasteiger partial charge in [0.05, 0.1) is 6.42 Å². The Balaban J connectivity index is 1.76. The lowest BCUT2D eigenvalue weighted by Gasteiger charge is -2.19. The Kier molecular flexibility index (Phi) is 8.21. The molecule has 0 aliphatic rings. The normalized spacial score (nSPS) is 10.3. The van der Waals surface area contributed by atoms with Gasteiger partial charge in [0.1, 0.15) is 0 Å². The van der Waals surface area contributed by atoms with Gasteiger partial charge in [-0.3, -0.25) is 14.4 Å². The van der Waals surface area contributed by atoms with Crippen molar-refractivity contribution in [3.63, 3.8) is 0 Å². The first kappa shape index (κ1) is 21.9. The fourth-order valence-corrected chi connectivity index (χ4v) is 2.68. The zero-order chi connectivity index (χ0) is 21.2. The van der Waals surface area contributed by atoms with Crippen LogP contribution in [0.1, 0.15) is 19.4 Å². The van der Waals surface area contributed by atoms with Gasteiger partial charge in [-0.1, -0.05) is 30.3 Å². The van der Waals surface area contributed by atoms with E-state index in [-0.39, 0.29) is 18.4 Å². The minimum absolute atomic E-state index is 0.0587. The zero-order valence-electron chi connectivity index (χ0n) is 17.1. The SMILES string of the molecule is CC(C)NC(=O)Cc1ccc(NC(=O)C(=O)NCCN(C)c2ccccc2)cc1. The van der Waals surface area contributed by atoms with E-state index in [2.05, 4.69) is 16.0 Å². The summed E-state index contributed by atoms with van der Waals surface area (Å²) < 4.78 is 0. The van der Waals surface area contributed by atoms with Crippen LogP contribution in [0.4, 0.5) is 11.4 Å². The number of hydrogen-bond acceptors (Lipinski definition) is 4. The molecule has 0 spiro atoms. The van der Waals surface area contributed by atoms with Crippen LogP contribution < -0.4 is 20.9 Å². The molecule has 0 saturated heterocycles. The lowest BCUT2D eigenvalue weighted by atomic mass is 10.1. The summed E-state index contributed by atoms with van der Waals surface area (Å²) >= 11 is 0. The molecule has 0 heterocycles. The van der Waals surface area contributed by atoms with Gasteiger partial charge < -0.3 is 20.9 Å². The summed E-state index contributed by atoms with van der Waals surface area (Å²) in [4.78, 5) is 37.8. The van der Waals surface area contributed by atoms with E-state index in [1.54, 1.807) is 24.3 Å². The van der Waals surface area contributed by atoms with Crippen LogP contribution in [0.5, 0.6) is 0 Å². The van der Waals surface area contributed by atoms with Gasteiger partial charge in [-0.15, -0.1) is 0 Å². The third-order valence-corrected chi connectivity index (χ3v) is 4.16. The fraction of sp³-hybridized carbons (Fsp3) is 0.318. The van der Waals surface area contributed by atoms with Crippen LogP contribution in [0.25, 0.3) is 0 Å². The van der Waals surface area contributed by atoms with E-state index in [0.29, 0.717) is 18.8 Å². The molecule has 0 aromatic heterocycles. The van der Waals surface area contributed by atoms with Gasteiger partial charge in [0.2, 0.25) is 5.91 Å². The number of amides is 3. The van der Waals surface area contributed by atoms with Crippen molar-refractivity contribution in [3.05, 3.63) is 60.2 Å². The second-order valence-electron chi connectivity index (χ2n) is 7.06. The van der Waals surface area contributed by atoms with Crippen LogP contribution in [0.2, 0.25) is 0 Å². The largest absolute Gasteiger partial charge is 0.373 e. The van der Waals surface area contributed by atoms with E-state index in [9.17, 15) is 14.4 Å². The molecule has 0 fully saturated rings. The molecule has 0 aliphatic heterocycles. The Bertz CT molecular complexity index is 820. The number of carbonyl (C=O) groups is 3. The van der Waals surface area contributed by atoms with Gasteiger partial charge in [0.25, 0.3) is 0 Å². The first-order valence-corrected chi connectivity index (χ1v) is 9.59. The minimum atomic E-state index is -0.724. The zero-order valence-corrected chi connectivity index (χ0v) is 17.1. The van der Waals surface area contributed by atoms with Gasteiger partial charge in [-0.05, 0) is 43.7 Å². The van der Waals surface area contributed by atoms with E-state index < -0.39 is 11.8 Å². The van der Waals surface area contributed by atoms with Gasteiger partial charge >= 0.3 is 11.8 Å². The molecular weight excluding hydrogens is 368 g/mol. The molecule has 154 valence electrons. The number of nitrogens with zero attached hydrogens (tertiary/aromatic N) is 1. The quantitative estimate of drug-likeness (QED) is 0.595. The Labute approximate surface area is 171 Å². The standard InChI is InChI=1S/C22H28N4O3/c1-16(2)24-20(27)15-17-9-11-18(12-10-17)25-22(29)21(28)23-13-14-26(3)19-7-5-4-6-8-19/h4-12,16H,13-15H2,1-3H3,(H,23,28)(H,24,27)(H,25,29). The van der Waals surface area contributed by atoms with Crippen LogP contribution in [0.15, 0.2) is 54.6 Å². The molecule has 0 aliphatic carbocycles. The van der Waals surface area contributed by atoms with E-state index in [1.165, 1.54) is 0 Å². The van der Waals surface area contributed by atoms with Crippen molar-refractivity contribution >= 4 is 29.1 Å². The van der Waals surface area contributed by atoms with Crippen LogP contribution in [-0.4, -0.2) is 43.9 Å². The van der Waals surface area contributed by atoms with Gasteiger partial charge in [-0.25, -0.2) is 0 Å². The average molecular weight is 396 g/mol. The summed E-state index contributed by atoms with van der Waals surface area (Å²) in [5.74, 6) is -1.47. The average Bonchev–Trinajstić information content (AvgIpc) is 2.69. The van der Waals surface area contributed by atoms with Crippen molar-refractivity contribution in [2.24, 2.45) is 0 Å². The molecule has 2 aromatic rings. The molecular formula is C22H28N4O3. The van der Waals surface area contributed by atoms with Crippen molar-refractivity contribution in [1.29, 1.82) is 0 Å². The topological polar surface area (TPSA) is 90.5 Å². The lowest BCUT2D eigenvalue weighted by molar-refractivity contribution is -0.136. The predicted molar refractivity (Wildman–Crippen MR) is 115 cm³/mol. The van der Waals surface area contributed by atoms with E-state index in [1.807, 2.05) is 56.1 Å². The summed E-state index contributed by atoms with van der Waals surface area (Å²) in [6, 6.07) is 16.7. The highest BCUT2D eigenvalue weighted by Gasteiger charge is 2.13. The van der Waals surface area contributed by atoms with Crippen molar-refractivity contribution < 1.29 is 14.4 Å². The van der Waals surface area contributed by atoms with E-state index >= 15 is 0 Å². The first-order chi connectivity index (χ1) is 13.8. The van der Waals surface area contributed by atoms with Crippen LogP contribution in [0.3, 0.4) is 0 Å². The lowest BCUT2D eigenvalue weighted by Crippen LogP contribution is -2.39. The number of rotatable bonds is 8. The first-order valence-electron chi connectivity index (χ1n) is 9.59. The highest BCUT2D eigenvalue weighted by molar-refractivity contribution is 6.39. The van der Waals surface area contributed by atoms with Crippen molar-refractivity contribution in [2.75, 3.05) is 30.4 Å². The number of benzene rings is 2. The monoisotopic (exact) mass is 396 g/mol. The second-order valence-corrected chi connectivity index (χ2v) is 7.06. The molecule has 3 amide bonds. The second kappa shape index (κ2) is 10.8. The molecule has 2 aromatic carbocycles. The van der Waals surface area contributed by atoms with Gasteiger partial charge in [-0.2, -0.15) is 0 Å². The number of anilines is 2. The molecule has 7 heteroatoms. The Morgan fingerprint density at radius 3 is 2.21 bits per heavy atom. The summed E-state index contributed by atoms with van der Waals surface area (Å²) in [5.41, 5.74) is 2.36. The molecule has 0 saturated carbocycles. The van der Waals surface area contributed by atoms with Crippen LogP contribution >= 0.6 is 0 Å². The highest BCUT2D eigenvalue weighted by Crippen LogP contribution is 2.11. The molecule has 0 radical (unpaired) electrons. The number of nitrogens with one attached hydrogen (secondary N) is 3. The summed E-state index contributed by atoms with van der Waals surface area (Å²) in [6.07, 6.45) is 0.266. The maximum atomic E-state index is 12.0. The van der Waals surface area contributed by atoms with Crippen molar-refractivity contribution in [1.82, 2.24) is 10.6 Å². The smallest absolute Gasteiger partial charge is 0.313 e. The Morgan fingerprint density at radius 1 is 0.931 bits per heavy atom. The maximum Gasteiger partial charge on any atom is 0.313 e. The minimum Gasteiger partial charge on any atom is -0.373 e. The maximum absolute atomic E-state index is 12.0. The molecule has 0 bridgehead atoms. The summed E-state index contributed by atoms with van der Waals surface area (Å²) in [5, 5.41) is 8.00. The van der Waals surface area contributed by atoms with E-state index in [4.69, 9.17) is 0 Å². The number of hydrogen-bond donors (Lipinski definition) is 3. The summed E-state index contributed by atoms with van der Waals surface area (Å²) in [6.45, 7) is 4.74. The molecule has 0 unspecified atom stereocenters. The molecule has 3 N–H and O–H groups in total. The van der Waals surface area contributed by atoms with Gasteiger partial charge in [0, 0.05) is 37.6 Å². The third kappa shape index (κ3) is 7.65. The van der Waals surface area contributed by atoms with E-state index in [0.717, 1.165) is 11.3 Å². The predicted octanol–water partition coefficient (Wildman–Crippen LogP) is 1.94. The Morgan fingerprint density at radius 2 is 1.59 bits per heavy atom. The van der Waals surface area contributed by atoms with Crippen LogP contribution in [0, 0.1) is 0 Å². The number of likely N-dealkylation sites (N-methyl/N-ethyl adjacent to an activating group) is 1. The number of para-hydroxylation sites is 1. The van der Waals surface area contributed by atoms with Crippen molar-refractivity contribution in [2.45, 2.75) is 26.3 Å². The highest BCUT2D eigenvalue weighted by atomic mass is 16.2. The number of carbonyl (C=O) groups excluding carboxylic acids is 3. The Hall–Kier alpha value is -3.35. The molecule has 0 atom stereocenters. The summed E-state index contributed by atoms with van der Waals surface area (Å²) in [7, 11) is 1.92. The fourth-order valence-electron chi connectivity index (χ4n) is 2.68. The molecule has 29 heavy (non-hydrogen) atoms. The molecule has 2 rings (SSSR count). The molecule has 7 nitrogen and oxygen atoms in total. The van der Waals surface area contributed by atoms with Crippen molar-refractivity contribution in [3.8, 4) is 0 Å².